The van der Waals surface area contributed by atoms with Gasteiger partial charge < -0.3 is 49.4 Å². The van der Waals surface area contributed by atoms with E-state index in [4.69, 9.17) is 23.7 Å². The number of hydrogen-bond acceptors (Lipinski definition) is 15. The Balaban J connectivity index is 1.57. The molecular weight excluding hydrogens is 819 g/mol. The highest BCUT2D eigenvalue weighted by Crippen LogP contribution is 2.64. The summed E-state index contributed by atoms with van der Waals surface area (Å²) in [5, 5.41) is 50.5. The number of aliphatic hydroxyl groups excluding tert-OH is 3. The standard InChI is InChI=1S/C47H57NO15/c1-9-24(2)41(55)48-35(28-16-12-10-13-17-28)36(53)43(57)60-30-22-47(58)40(62-42(56)29-18-14-11-15-19-29)38-45(8,31(51)21-32-46(38,23-59-32)63-27(5)50)39(54)37(61-33(52)20-25(3)49)34(26(30)4)44(47,6)7/h9-19,25,30-32,35-38,40,49,51,53,58H,20-23H2,1-8H3,(H,48,55)/b24-9+/t25-,30-,31-,32+,35-,36+,37+,38-,40-,45+,46-,47+/m0/s1. The van der Waals surface area contributed by atoms with Crippen molar-refractivity contribution in [2.24, 2.45) is 16.7 Å². The van der Waals surface area contributed by atoms with E-state index in [1.165, 1.54) is 46.8 Å². The molecule has 340 valence electrons. The molecular formula is C47H57NO15. The molecule has 0 unspecified atom stereocenters. The molecule has 2 aromatic carbocycles. The molecule has 3 fully saturated rings. The average Bonchev–Trinajstić information content (AvgIpc) is 3.23. The summed E-state index contributed by atoms with van der Waals surface area (Å²) in [5.41, 5.74) is -7.33. The zero-order valence-electron chi connectivity index (χ0n) is 36.7. The highest BCUT2D eigenvalue weighted by Gasteiger charge is 2.78. The van der Waals surface area contributed by atoms with Gasteiger partial charge in [0.2, 0.25) is 5.91 Å². The highest BCUT2D eigenvalue weighted by molar-refractivity contribution is 5.96. The molecule has 16 nitrogen and oxygen atoms in total. The fourth-order valence-electron chi connectivity index (χ4n) is 10.0. The van der Waals surface area contributed by atoms with E-state index in [1.807, 2.05) is 0 Å². The summed E-state index contributed by atoms with van der Waals surface area (Å²) < 4.78 is 30.4. The van der Waals surface area contributed by atoms with Crippen LogP contribution >= 0.6 is 0 Å². The molecule has 1 amide bonds. The second-order valence-corrected chi connectivity index (χ2v) is 17.9. The van der Waals surface area contributed by atoms with Crippen LogP contribution in [0.1, 0.15) is 96.6 Å². The number of rotatable bonds is 12. The molecule has 16 heteroatoms. The number of amides is 1. The van der Waals surface area contributed by atoms with Crippen molar-refractivity contribution in [3.8, 4) is 0 Å². The largest absolute Gasteiger partial charge is 0.456 e. The van der Waals surface area contributed by atoms with E-state index >= 15 is 4.79 Å². The number of benzene rings is 2. The molecule has 2 saturated carbocycles. The second-order valence-electron chi connectivity index (χ2n) is 17.9. The second kappa shape index (κ2) is 17.7. The number of fused-ring (bicyclic) bond motifs is 5. The lowest BCUT2D eigenvalue weighted by atomic mass is 9.44. The molecule has 3 aliphatic carbocycles. The van der Waals surface area contributed by atoms with Crippen molar-refractivity contribution in [1.82, 2.24) is 5.32 Å². The third kappa shape index (κ3) is 8.23. The smallest absolute Gasteiger partial charge is 0.338 e. The van der Waals surface area contributed by atoms with Gasteiger partial charge in [-0.2, -0.15) is 0 Å². The van der Waals surface area contributed by atoms with Crippen molar-refractivity contribution in [2.75, 3.05) is 6.61 Å². The summed E-state index contributed by atoms with van der Waals surface area (Å²) in [4.78, 5) is 84.0. The van der Waals surface area contributed by atoms with Crippen molar-refractivity contribution >= 4 is 35.6 Å². The lowest BCUT2D eigenvalue weighted by Crippen LogP contribution is -2.82. The van der Waals surface area contributed by atoms with E-state index in [0.717, 1.165) is 6.92 Å². The number of Topliss-reactive ketones (excluding diaryl/α,β-unsaturated/α-hetero) is 1. The number of ether oxygens (including phenoxy) is 5. The van der Waals surface area contributed by atoms with Crippen molar-refractivity contribution in [3.05, 3.63) is 94.6 Å². The van der Waals surface area contributed by atoms with E-state index in [1.54, 1.807) is 68.5 Å². The van der Waals surface area contributed by atoms with Gasteiger partial charge in [0, 0.05) is 30.8 Å². The van der Waals surface area contributed by atoms with Crippen molar-refractivity contribution in [2.45, 2.75) is 135 Å². The minimum atomic E-state index is -2.44. The fraction of sp³-hybridized carbons (Fsp3) is 0.532. The number of allylic oxidation sites excluding steroid dienone is 1. The van der Waals surface area contributed by atoms with Crippen LogP contribution < -0.4 is 5.32 Å². The quantitative estimate of drug-likeness (QED) is 0.0891. The van der Waals surface area contributed by atoms with Gasteiger partial charge in [-0.25, -0.2) is 9.59 Å². The van der Waals surface area contributed by atoms with Crippen molar-refractivity contribution in [1.29, 1.82) is 0 Å². The first kappa shape index (κ1) is 47.2. The van der Waals surface area contributed by atoms with E-state index in [2.05, 4.69) is 5.32 Å². The summed E-state index contributed by atoms with van der Waals surface area (Å²) in [6.45, 7) is 11.3. The molecule has 1 aliphatic heterocycles. The predicted molar refractivity (Wildman–Crippen MR) is 222 cm³/mol. The van der Waals surface area contributed by atoms with Crippen LogP contribution in [0.4, 0.5) is 0 Å². The molecule has 4 aliphatic rings. The van der Waals surface area contributed by atoms with Gasteiger partial charge in [0.1, 0.15) is 23.9 Å². The van der Waals surface area contributed by atoms with Gasteiger partial charge in [0.25, 0.3) is 0 Å². The van der Waals surface area contributed by atoms with Crippen molar-refractivity contribution < 1.29 is 72.9 Å². The number of hydrogen-bond donors (Lipinski definition) is 5. The SMILES string of the molecule is C/C=C(\C)C(=O)N[C@@H](c1ccccc1)[C@@H](O)C(=O)O[C@H]1C[C@@]2(O)[C@@H](OC(=O)c3ccccc3)[C@@H]3[C@]4(OC(C)=O)CO[C@@H]4C[C@H](O)[C@@]3(C)C(=O)[C@H](OC(=O)C[C@H](C)O)C(=C1C)C2(C)C. The minimum absolute atomic E-state index is 0.0502. The maximum atomic E-state index is 15.7. The van der Waals surface area contributed by atoms with Crippen LogP contribution in [0, 0.1) is 16.7 Å². The molecule has 12 atom stereocenters. The van der Waals surface area contributed by atoms with Gasteiger partial charge in [-0.15, -0.1) is 0 Å². The fourth-order valence-corrected chi connectivity index (χ4v) is 10.0. The Hall–Kier alpha value is -5.26. The average molecular weight is 876 g/mol. The van der Waals surface area contributed by atoms with E-state index < -0.39 is 125 Å². The lowest BCUT2D eigenvalue weighted by molar-refractivity contribution is -0.346. The van der Waals surface area contributed by atoms with Gasteiger partial charge >= 0.3 is 23.9 Å². The molecule has 1 saturated heterocycles. The summed E-state index contributed by atoms with van der Waals surface area (Å²) in [5.74, 6) is -7.13. The highest BCUT2D eigenvalue weighted by atomic mass is 16.6. The van der Waals surface area contributed by atoms with Crippen LogP contribution in [0.2, 0.25) is 0 Å². The molecule has 6 rings (SSSR count). The van der Waals surface area contributed by atoms with Gasteiger partial charge in [-0.3, -0.25) is 19.2 Å². The zero-order valence-corrected chi connectivity index (χ0v) is 36.7. The van der Waals surface area contributed by atoms with E-state index in [9.17, 15) is 44.4 Å². The summed E-state index contributed by atoms with van der Waals surface area (Å²) in [7, 11) is 0. The van der Waals surface area contributed by atoms with Crippen LogP contribution in [-0.4, -0.2) is 117 Å². The maximum Gasteiger partial charge on any atom is 0.338 e. The molecule has 1 heterocycles. The Morgan fingerprint density at radius 3 is 2.13 bits per heavy atom. The first-order chi connectivity index (χ1) is 29.5. The van der Waals surface area contributed by atoms with Gasteiger partial charge in [0.15, 0.2) is 23.6 Å². The van der Waals surface area contributed by atoms with Gasteiger partial charge in [-0.05, 0) is 63.5 Å². The number of ketones is 1. The van der Waals surface area contributed by atoms with Gasteiger partial charge in [-0.1, -0.05) is 68.5 Å². The lowest BCUT2D eigenvalue weighted by Gasteiger charge is -2.67. The first-order valence-corrected chi connectivity index (χ1v) is 21.0. The molecule has 2 aromatic rings. The monoisotopic (exact) mass is 875 g/mol. The third-order valence-electron chi connectivity index (χ3n) is 13.7. The van der Waals surface area contributed by atoms with E-state index in [-0.39, 0.29) is 29.7 Å². The number of esters is 4. The predicted octanol–water partition coefficient (Wildman–Crippen LogP) is 3.14. The summed E-state index contributed by atoms with van der Waals surface area (Å²) in [6.07, 6.45) is -11.1. The molecule has 0 aromatic heterocycles. The zero-order chi connectivity index (χ0) is 46.4. The Labute approximate surface area is 365 Å². The third-order valence-corrected chi connectivity index (χ3v) is 13.7. The molecule has 0 spiro atoms. The minimum Gasteiger partial charge on any atom is -0.456 e. The maximum absolute atomic E-state index is 15.7. The Bertz CT molecular complexity index is 2190. The Kier molecular flexibility index (Phi) is 13.3. The number of carbonyl (C=O) groups excluding carboxylic acids is 6. The first-order valence-electron chi connectivity index (χ1n) is 21.0. The van der Waals surface area contributed by atoms with Crippen LogP contribution in [0.15, 0.2) is 83.5 Å². The van der Waals surface area contributed by atoms with Crippen LogP contribution in [0.25, 0.3) is 0 Å². The van der Waals surface area contributed by atoms with Crippen LogP contribution in [-0.2, 0) is 47.7 Å². The normalized spacial score (nSPS) is 32.4. The Morgan fingerprint density at radius 2 is 1.57 bits per heavy atom. The van der Waals surface area contributed by atoms with Gasteiger partial charge in [0.05, 0.1) is 48.2 Å². The van der Waals surface area contributed by atoms with Crippen LogP contribution in [0.5, 0.6) is 0 Å². The number of aliphatic hydroxyl groups is 4. The van der Waals surface area contributed by atoms with E-state index in [0.29, 0.717) is 11.1 Å². The summed E-state index contributed by atoms with van der Waals surface area (Å²) in [6, 6.07) is 14.7. The molecule has 63 heavy (non-hydrogen) atoms. The molecule has 0 radical (unpaired) electrons. The topological polar surface area (TPSA) is 242 Å². The van der Waals surface area contributed by atoms with Crippen LogP contribution in [0.3, 0.4) is 0 Å². The number of carbonyl (C=O) groups is 6. The van der Waals surface area contributed by atoms with Crippen molar-refractivity contribution in [3.63, 3.8) is 0 Å². The summed E-state index contributed by atoms with van der Waals surface area (Å²) >= 11 is 0. The molecule has 2 bridgehead atoms. The number of nitrogens with one attached hydrogen (secondary N) is 1. The molecule has 5 N–H and O–H groups in total. The Morgan fingerprint density at radius 1 is 0.952 bits per heavy atom.